The third-order valence-corrected chi connectivity index (χ3v) is 6.61. The van der Waals surface area contributed by atoms with Crippen LogP contribution in [0, 0.1) is 5.41 Å². The average Bonchev–Trinajstić information content (AvgIpc) is 1.94. The zero-order valence-corrected chi connectivity index (χ0v) is 15.2. The van der Waals surface area contributed by atoms with Crippen LogP contribution in [0.1, 0.15) is 0 Å². The molecule has 0 aliphatic carbocycles. The topological polar surface area (TPSA) is 40.5 Å². The van der Waals surface area contributed by atoms with Crippen LogP contribution < -0.4 is 0 Å². The van der Waals surface area contributed by atoms with E-state index in [1.165, 1.54) is 0 Å². The maximum absolute atomic E-state index is 9.70. The normalized spacial score (nSPS) is 19.2. The van der Waals surface area contributed by atoms with Gasteiger partial charge in [-0.15, -0.1) is 0 Å². The fourth-order valence-corrected chi connectivity index (χ4v) is 9.42. The molecule has 0 rings (SSSR count). The van der Waals surface area contributed by atoms with Crippen molar-refractivity contribution in [2.45, 2.75) is 0 Å². The minimum atomic E-state index is -2.32. The first-order valence-corrected chi connectivity index (χ1v) is 15.0. The molecule has 0 atom stereocenters. The van der Waals surface area contributed by atoms with Crippen LogP contribution in [0.4, 0.5) is 0 Å². The van der Waals surface area contributed by atoms with Crippen LogP contribution in [0.25, 0.3) is 0 Å². The first-order valence-electron chi connectivity index (χ1n) is 5.70. The first kappa shape index (κ1) is 18.4. The standard InChI is InChI=1S/C11H28Cl2O2P2/c1-16(2,3,12)9-11(7-14,8-15)10-17(4,5,6)13/h14-15H,7-10H2,1-6H3. The Kier molecular flexibility index (Phi) is 5.10. The summed E-state index contributed by atoms with van der Waals surface area (Å²) in [6.45, 7) is 12.1. The summed E-state index contributed by atoms with van der Waals surface area (Å²) in [5.41, 5.74) is -0.560. The summed E-state index contributed by atoms with van der Waals surface area (Å²) in [5.74, 6) is -4.64. The SMILES string of the molecule is CP(C)(C)(Cl)CC(CO)(CO)CP(C)(C)(C)Cl. The predicted octanol–water partition coefficient (Wildman–Crippen LogP) is 3.15. The zero-order valence-electron chi connectivity index (χ0n) is 11.9. The van der Waals surface area contributed by atoms with Crippen LogP contribution in [0.5, 0.6) is 0 Å². The number of hydrogen-bond acceptors (Lipinski definition) is 2. The van der Waals surface area contributed by atoms with Crippen molar-refractivity contribution in [1.82, 2.24) is 0 Å². The van der Waals surface area contributed by atoms with E-state index in [9.17, 15) is 10.2 Å². The molecule has 0 unspecified atom stereocenters. The van der Waals surface area contributed by atoms with Gasteiger partial charge < -0.3 is 0 Å². The molecule has 0 aliphatic rings. The van der Waals surface area contributed by atoms with Gasteiger partial charge in [0, 0.05) is 0 Å². The molecular weight excluding hydrogens is 297 g/mol. The summed E-state index contributed by atoms with van der Waals surface area (Å²) < 4.78 is 0. The molecule has 0 aromatic heterocycles. The second-order valence-electron chi connectivity index (χ2n) is 7.97. The Labute approximate surface area is 116 Å². The van der Waals surface area contributed by atoms with Gasteiger partial charge in [-0.05, 0) is 0 Å². The molecule has 0 radical (unpaired) electrons. The van der Waals surface area contributed by atoms with Crippen molar-refractivity contribution in [3.63, 3.8) is 0 Å². The van der Waals surface area contributed by atoms with Gasteiger partial charge in [0.2, 0.25) is 0 Å². The predicted molar refractivity (Wildman–Crippen MR) is 87.4 cm³/mol. The summed E-state index contributed by atoms with van der Waals surface area (Å²) in [6, 6.07) is 0. The quantitative estimate of drug-likeness (QED) is 0.737. The van der Waals surface area contributed by atoms with Crippen LogP contribution in [0.2, 0.25) is 0 Å². The summed E-state index contributed by atoms with van der Waals surface area (Å²) in [7, 11) is 0. The van der Waals surface area contributed by atoms with E-state index in [4.69, 9.17) is 22.5 Å². The van der Waals surface area contributed by atoms with Gasteiger partial charge >= 0.3 is 116 Å². The molecule has 0 saturated heterocycles. The van der Waals surface area contributed by atoms with Crippen molar-refractivity contribution < 1.29 is 10.2 Å². The summed E-state index contributed by atoms with van der Waals surface area (Å²) in [5, 5.41) is 19.4. The molecule has 0 spiro atoms. The molecule has 2 nitrogen and oxygen atoms in total. The zero-order chi connectivity index (χ0) is 14.2. The number of aliphatic hydroxyl groups is 2. The van der Waals surface area contributed by atoms with E-state index in [-0.39, 0.29) is 13.2 Å². The average molecular weight is 325 g/mol. The van der Waals surface area contributed by atoms with Crippen molar-refractivity contribution in [3.8, 4) is 0 Å². The number of rotatable bonds is 6. The van der Waals surface area contributed by atoms with Crippen molar-refractivity contribution in [2.75, 3.05) is 65.5 Å². The molecule has 108 valence electrons. The van der Waals surface area contributed by atoms with Crippen molar-refractivity contribution in [3.05, 3.63) is 0 Å². The van der Waals surface area contributed by atoms with E-state index in [1.807, 2.05) is 40.0 Å². The molecule has 0 aromatic rings. The van der Waals surface area contributed by atoms with Crippen molar-refractivity contribution >= 4 is 34.4 Å². The second-order valence-corrected chi connectivity index (χ2v) is 27.8. The molecule has 0 bridgehead atoms. The van der Waals surface area contributed by atoms with Crippen LogP contribution in [-0.2, 0) is 0 Å². The number of halogens is 2. The third kappa shape index (κ3) is 8.98. The van der Waals surface area contributed by atoms with Crippen LogP contribution in [0.15, 0.2) is 0 Å². The van der Waals surface area contributed by atoms with Gasteiger partial charge in [-0.1, -0.05) is 0 Å². The monoisotopic (exact) mass is 324 g/mol. The van der Waals surface area contributed by atoms with Crippen molar-refractivity contribution in [2.24, 2.45) is 5.41 Å². The molecule has 0 fully saturated rings. The van der Waals surface area contributed by atoms with Crippen LogP contribution in [0.3, 0.4) is 0 Å². The number of hydrogen-bond donors (Lipinski definition) is 2. The van der Waals surface area contributed by atoms with Gasteiger partial charge in [0.15, 0.2) is 0 Å². The van der Waals surface area contributed by atoms with Gasteiger partial charge in [0.1, 0.15) is 0 Å². The molecule has 6 heteroatoms. The Morgan fingerprint density at radius 1 is 0.765 bits per heavy atom. The van der Waals surface area contributed by atoms with E-state index in [1.54, 1.807) is 0 Å². The van der Waals surface area contributed by atoms with Gasteiger partial charge in [-0.3, -0.25) is 0 Å². The van der Waals surface area contributed by atoms with Gasteiger partial charge in [0.05, 0.1) is 0 Å². The maximum atomic E-state index is 9.70. The fraction of sp³-hybridized carbons (Fsp3) is 1.00. The Morgan fingerprint density at radius 3 is 1.12 bits per heavy atom. The second kappa shape index (κ2) is 4.72. The molecule has 0 aliphatic heterocycles. The van der Waals surface area contributed by atoms with Crippen molar-refractivity contribution in [1.29, 1.82) is 0 Å². The first-order chi connectivity index (χ1) is 7.04. The van der Waals surface area contributed by atoms with E-state index in [0.717, 1.165) is 0 Å². The van der Waals surface area contributed by atoms with E-state index in [0.29, 0.717) is 12.3 Å². The summed E-state index contributed by atoms with van der Waals surface area (Å²) in [4.78, 5) is 0. The molecule has 0 aromatic carbocycles. The van der Waals surface area contributed by atoms with E-state index < -0.39 is 17.3 Å². The molecular formula is C11H28Cl2O2P2. The molecule has 0 amide bonds. The fourth-order valence-electron chi connectivity index (χ4n) is 2.57. The molecule has 0 heterocycles. The molecule has 0 saturated carbocycles. The van der Waals surface area contributed by atoms with E-state index in [2.05, 4.69) is 0 Å². The van der Waals surface area contributed by atoms with Gasteiger partial charge in [-0.25, -0.2) is 0 Å². The molecule has 2 N–H and O–H groups in total. The Morgan fingerprint density at radius 2 is 1.00 bits per heavy atom. The molecule has 17 heavy (non-hydrogen) atoms. The summed E-state index contributed by atoms with van der Waals surface area (Å²) >= 11 is 13.2. The minimum absolute atomic E-state index is 0.0657. The van der Waals surface area contributed by atoms with Gasteiger partial charge in [-0.2, -0.15) is 0 Å². The van der Waals surface area contributed by atoms with Crippen LogP contribution in [-0.4, -0.2) is 75.7 Å². The Hall–Kier alpha value is 1.36. The Bertz CT molecular complexity index is 241. The number of aliphatic hydroxyl groups excluding tert-OH is 2. The third-order valence-electron chi connectivity index (χ3n) is 2.41. The van der Waals surface area contributed by atoms with Gasteiger partial charge in [0.25, 0.3) is 0 Å². The Balaban J connectivity index is 5.22. The van der Waals surface area contributed by atoms with E-state index >= 15 is 0 Å². The van der Waals surface area contributed by atoms with Crippen LogP contribution >= 0.6 is 34.4 Å². The summed E-state index contributed by atoms with van der Waals surface area (Å²) in [6.07, 6.45) is 1.29.